The fraction of sp³-hybridized carbons (Fsp3) is 0. The lowest BCUT2D eigenvalue weighted by Gasteiger charge is -2.15. The number of para-hydroxylation sites is 2. The molecule has 0 amide bonds. The van der Waals surface area contributed by atoms with Gasteiger partial charge in [-0.25, -0.2) is 0 Å². The van der Waals surface area contributed by atoms with Gasteiger partial charge in [-0.3, -0.25) is 19.9 Å². The van der Waals surface area contributed by atoms with Gasteiger partial charge >= 0.3 is 0 Å². The van der Waals surface area contributed by atoms with Gasteiger partial charge < -0.3 is 9.13 Å². The predicted molar refractivity (Wildman–Crippen MR) is 330 cm³/mol. The van der Waals surface area contributed by atoms with E-state index in [0.29, 0.717) is 0 Å². The highest BCUT2D eigenvalue weighted by atomic mass is 15.0. The highest BCUT2D eigenvalue weighted by Gasteiger charge is 2.23. The lowest BCUT2D eigenvalue weighted by atomic mass is 10.0. The molecule has 6 aromatic heterocycles. The van der Waals surface area contributed by atoms with Gasteiger partial charge in [0.15, 0.2) is 0 Å². The van der Waals surface area contributed by atoms with E-state index in [4.69, 9.17) is 19.9 Å². The zero-order chi connectivity index (χ0) is 52.9. The number of pyridine rings is 4. The predicted octanol–water partition coefficient (Wildman–Crippen LogP) is 18.8. The van der Waals surface area contributed by atoms with Crippen molar-refractivity contribution >= 4 is 43.6 Å². The summed E-state index contributed by atoms with van der Waals surface area (Å²) >= 11 is 0. The third-order valence-electron chi connectivity index (χ3n) is 15.5. The van der Waals surface area contributed by atoms with Crippen LogP contribution < -0.4 is 0 Å². The molecule has 374 valence electrons. The van der Waals surface area contributed by atoms with E-state index in [-0.39, 0.29) is 0 Å². The standard InChI is InChI=1S/C74H48N6/c1-5-17-49(18-6-1)53-29-33-65(75-45-53)57-39-58(66-34-30-54(46-76-66)50-19-7-2-8-20-50)42-61(41-57)79-69-27-15-13-25-63(69)73-71(79)37-38-72-74(73)64-26-14-16-28-70(64)80(72)62-43-59(67-35-31-55(47-77-67)51-21-9-3-10-22-51)40-60(44-62)68-36-32-56(48-78-68)52-23-11-4-12-24-52/h1-48H. The maximum absolute atomic E-state index is 5.11. The molecule has 6 nitrogen and oxygen atoms in total. The number of hydrogen-bond donors (Lipinski definition) is 0. The van der Waals surface area contributed by atoms with Gasteiger partial charge in [0.05, 0.1) is 44.8 Å². The molecule has 0 saturated carbocycles. The van der Waals surface area contributed by atoms with Crippen LogP contribution in [0.15, 0.2) is 292 Å². The van der Waals surface area contributed by atoms with Crippen molar-refractivity contribution in [2.75, 3.05) is 0 Å². The third kappa shape index (κ3) is 8.31. The molecule has 0 saturated heterocycles. The molecule has 9 aromatic carbocycles. The van der Waals surface area contributed by atoms with Crippen molar-refractivity contribution in [1.82, 2.24) is 29.1 Å². The number of fused-ring (bicyclic) bond motifs is 7. The Bertz CT molecular complexity index is 4230. The second-order valence-corrected chi connectivity index (χ2v) is 20.3. The highest BCUT2D eigenvalue weighted by molar-refractivity contribution is 6.29. The molecule has 0 N–H and O–H groups in total. The molecule has 0 bridgehead atoms. The van der Waals surface area contributed by atoms with Crippen LogP contribution in [-0.4, -0.2) is 29.1 Å². The van der Waals surface area contributed by atoms with Gasteiger partial charge in [0.25, 0.3) is 0 Å². The molecule has 0 atom stereocenters. The molecule has 0 aliphatic rings. The minimum Gasteiger partial charge on any atom is -0.309 e. The summed E-state index contributed by atoms with van der Waals surface area (Å²) in [5, 5.41) is 4.70. The second kappa shape index (κ2) is 19.6. The first-order valence-electron chi connectivity index (χ1n) is 27.0. The summed E-state index contributed by atoms with van der Waals surface area (Å²) in [6.45, 7) is 0. The lowest BCUT2D eigenvalue weighted by Crippen LogP contribution is -1.98. The topological polar surface area (TPSA) is 61.4 Å². The second-order valence-electron chi connectivity index (χ2n) is 20.3. The fourth-order valence-corrected chi connectivity index (χ4v) is 11.6. The van der Waals surface area contributed by atoms with E-state index in [9.17, 15) is 0 Å². The Labute approximate surface area is 462 Å². The van der Waals surface area contributed by atoms with Gasteiger partial charge in [-0.2, -0.15) is 0 Å². The van der Waals surface area contributed by atoms with Gasteiger partial charge in [0.2, 0.25) is 0 Å². The van der Waals surface area contributed by atoms with E-state index >= 15 is 0 Å². The van der Waals surface area contributed by atoms with Crippen LogP contribution in [0.1, 0.15) is 0 Å². The number of benzene rings is 9. The number of aromatic nitrogens is 6. The van der Waals surface area contributed by atoms with Crippen molar-refractivity contribution in [3.05, 3.63) is 292 Å². The Morgan fingerprint density at radius 1 is 0.200 bits per heavy atom. The number of hydrogen-bond acceptors (Lipinski definition) is 4. The normalized spacial score (nSPS) is 11.5. The summed E-state index contributed by atoms with van der Waals surface area (Å²) in [6, 6.07) is 94.7. The molecule has 15 aromatic rings. The van der Waals surface area contributed by atoms with Crippen molar-refractivity contribution in [1.29, 1.82) is 0 Å². The quantitative estimate of drug-likeness (QED) is 0.137. The zero-order valence-corrected chi connectivity index (χ0v) is 43.4. The molecular weight excluding hydrogens is 973 g/mol. The van der Waals surface area contributed by atoms with Crippen LogP contribution in [0, 0.1) is 0 Å². The molecule has 6 heterocycles. The van der Waals surface area contributed by atoms with Gasteiger partial charge in [-0.1, -0.05) is 182 Å². The van der Waals surface area contributed by atoms with E-state index < -0.39 is 0 Å². The van der Waals surface area contributed by atoms with E-state index in [2.05, 4.69) is 252 Å². The van der Waals surface area contributed by atoms with Crippen molar-refractivity contribution in [2.24, 2.45) is 0 Å². The third-order valence-corrected chi connectivity index (χ3v) is 15.5. The van der Waals surface area contributed by atoms with Crippen LogP contribution in [0.4, 0.5) is 0 Å². The summed E-state index contributed by atoms with van der Waals surface area (Å²) < 4.78 is 4.85. The smallest absolute Gasteiger partial charge is 0.0703 e. The molecule has 0 spiro atoms. The minimum absolute atomic E-state index is 0.881. The van der Waals surface area contributed by atoms with Crippen molar-refractivity contribution in [3.63, 3.8) is 0 Å². The van der Waals surface area contributed by atoms with E-state index in [1.807, 2.05) is 49.1 Å². The summed E-state index contributed by atoms with van der Waals surface area (Å²) in [6.07, 6.45) is 7.91. The summed E-state index contributed by atoms with van der Waals surface area (Å²) in [5.74, 6) is 0. The van der Waals surface area contributed by atoms with Crippen molar-refractivity contribution in [3.8, 4) is 101 Å². The summed E-state index contributed by atoms with van der Waals surface area (Å²) in [4.78, 5) is 20.4. The first kappa shape index (κ1) is 46.5. The molecule has 6 heteroatoms. The molecule has 0 aliphatic carbocycles. The zero-order valence-electron chi connectivity index (χ0n) is 43.4. The Morgan fingerprint density at radius 3 is 0.750 bits per heavy atom. The Hall–Kier alpha value is -10.8. The number of rotatable bonds is 10. The number of nitrogens with zero attached hydrogens (tertiary/aromatic N) is 6. The van der Waals surface area contributed by atoms with Crippen LogP contribution in [-0.2, 0) is 0 Å². The van der Waals surface area contributed by atoms with Crippen LogP contribution >= 0.6 is 0 Å². The molecule has 0 fully saturated rings. The van der Waals surface area contributed by atoms with Gasteiger partial charge in [0.1, 0.15) is 0 Å². The SMILES string of the molecule is c1ccc(-c2ccc(-c3cc(-c4ccc(-c5ccccc5)cn4)cc(-n4c5ccccc5c5c6c7ccccc7n(-c7cc(-c8ccc(-c9ccccc9)cn8)cc(-c8ccc(-c9ccccc9)cn8)c7)c6ccc54)c3)nc2)cc1. The maximum Gasteiger partial charge on any atom is 0.0703 e. The summed E-state index contributed by atoms with van der Waals surface area (Å²) in [7, 11) is 0. The summed E-state index contributed by atoms with van der Waals surface area (Å²) in [5.41, 5.74) is 22.8. The van der Waals surface area contributed by atoms with Crippen LogP contribution in [0.5, 0.6) is 0 Å². The Morgan fingerprint density at radius 2 is 0.475 bits per heavy atom. The Balaban J connectivity index is 0.924. The fourth-order valence-electron chi connectivity index (χ4n) is 11.6. The molecular formula is C74H48N6. The Kier molecular flexibility index (Phi) is 11.4. The molecule has 0 aliphatic heterocycles. The van der Waals surface area contributed by atoms with Crippen LogP contribution in [0.2, 0.25) is 0 Å². The monoisotopic (exact) mass is 1020 g/mol. The van der Waals surface area contributed by atoms with Crippen molar-refractivity contribution in [2.45, 2.75) is 0 Å². The molecule has 0 radical (unpaired) electrons. The van der Waals surface area contributed by atoms with E-state index in [1.165, 1.54) is 21.5 Å². The van der Waals surface area contributed by atoms with Gasteiger partial charge in [-0.15, -0.1) is 0 Å². The first-order valence-corrected chi connectivity index (χ1v) is 27.0. The minimum atomic E-state index is 0.881. The largest absolute Gasteiger partial charge is 0.309 e. The van der Waals surface area contributed by atoms with Crippen LogP contribution in [0.25, 0.3) is 145 Å². The molecule has 15 rings (SSSR count). The average molecular weight is 1020 g/mol. The molecule has 80 heavy (non-hydrogen) atoms. The van der Waals surface area contributed by atoms with Gasteiger partial charge in [0, 0.05) is 102 Å². The van der Waals surface area contributed by atoms with Gasteiger partial charge in [-0.05, 0) is 107 Å². The maximum atomic E-state index is 5.11. The van der Waals surface area contributed by atoms with E-state index in [1.54, 1.807) is 0 Å². The van der Waals surface area contributed by atoms with Crippen molar-refractivity contribution < 1.29 is 0 Å². The average Bonchev–Trinajstić information content (AvgIpc) is 4.30. The van der Waals surface area contributed by atoms with E-state index in [0.717, 1.165) is 123 Å². The first-order chi connectivity index (χ1) is 39.6. The highest BCUT2D eigenvalue weighted by Crippen LogP contribution is 2.44. The lowest BCUT2D eigenvalue weighted by molar-refractivity contribution is 1.17. The molecule has 0 unspecified atom stereocenters. The van der Waals surface area contributed by atoms with Crippen LogP contribution in [0.3, 0.4) is 0 Å².